The number of hydrogen-bond acceptors (Lipinski definition) is 3. The molecule has 0 saturated heterocycles. The van der Waals surface area contributed by atoms with Crippen molar-refractivity contribution in [3.05, 3.63) is 65.9 Å². The predicted octanol–water partition coefficient (Wildman–Crippen LogP) is 3.22. The fraction of sp³-hybridized carbons (Fsp3) is 0.273. The first-order valence-electron chi connectivity index (χ1n) is 9.52. The third-order valence-corrected chi connectivity index (χ3v) is 4.90. The molecule has 6 heteroatoms. The average Bonchev–Trinajstić information content (AvgIpc) is 3.11. The Kier molecular flexibility index (Phi) is 6.11. The lowest BCUT2D eigenvalue weighted by molar-refractivity contribution is -0.131. The molecule has 0 saturated carbocycles. The van der Waals surface area contributed by atoms with Gasteiger partial charge in [0.25, 0.3) is 5.91 Å². The van der Waals surface area contributed by atoms with Gasteiger partial charge in [-0.15, -0.1) is 0 Å². The molecule has 3 aromatic rings. The summed E-state index contributed by atoms with van der Waals surface area (Å²) in [4.78, 5) is 26.6. The highest BCUT2D eigenvalue weighted by molar-refractivity contribution is 6.05. The molecule has 146 valence electrons. The van der Waals surface area contributed by atoms with Crippen molar-refractivity contribution in [2.24, 2.45) is 5.73 Å². The third kappa shape index (κ3) is 4.23. The summed E-state index contributed by atoms with van der Waals surface area (Å²) in [5.74, 6) is -0.0696. The largest absolute Gasteiger partial charge is 0.342 e. The van der Waals surface area contributed by atoms with E-state index in [0.29, 0.717) is 37.4 Å². The first-order chi connectivity index (χ1) is 13.5. The van der Waals surface area contributed by atoms with Crippen LogP contribution in [0.5, 0.6) is 0 Å². The molecule has 3 rings (SSSR count). The Hall–Kier alpha value is -3.12. The van der Waals surface area contributed by atoms with Gasteiger partial charge in [-0.25, -0.2) is 0 Å². The van der Waals surface area contributed by atoms with Crippen LogP contribution in [0.2, 0.25) is 0 Å². The summed E-state index contributed by atoms with van der Waals surface area (Å²) in [6.07, 6.45) is 1.91. The number of nitrogens with one attached hydrogen (secondary N) is 1. The van der Waals surface area contributed by atoms with Crippen LogP contribution in [0.3, 0.4) is 0 Å². The van der Waals surface area contributed by atoms with E-state index < -0.39 is 0 Å². The summed E-state index contributed by atoms with van der Waals surface area (Å²) in [5, 5.41) is 3.90. The van der Waals surface area contributed by atoms with Crippen molar-refractivity contribution in [2.45, 2.75) is 26.9 Å². The SMILES string of the molecule is CCN(CC)C(=O)Cn1ccc2cc(NC(=O)c3ccc(CN)cc3)ccc21. The number of fused-ring (bicyclic) bond motifs is 1. The molecule has 0 aliphatic carbocycles. The van der Waals surface area contributed by atoms with Gasteiger partial charge < -0.3 is 20.5 Å². The van der Waals surface area contributed by atoms with Crippen LogP contribution in [0.25, 0.3) is 10.9 Å². The topological polar surface area (TPSA) is 80.4 Å². The van der Waals surface area contributed by atoms with E-state index in [2.05, 4.69) is 5.32 Å². The third-order valence-electron chi connectivity index (χ3n) is 4.90. The molecule has 1 aromatic heterocycles. The van der Waals surface area contributed by atoms with Gasteiger partial charge in [-0.3, -0.25) is 9.59 Å². The van der Waals surface area contributed by atoms with Gasteiger partial charge in [-0.05, 0) is 55.8 Å². The summed E-state index contributed by atoms with van der Waals surface area (Å²) in [6.45, 7) is 6.13. The minimum absolute atomic E-state index is 0.0980. The summed E-state index contributed by atoms with van der Waals surface area (Å²) in [5.41, 5.74) is 8.84. The number of nitrogens with zero attached hydrogens (tertiary/aromatic N) is 2. The first-order valence-corrected chi connectivity index (χ1v) is 9.52. The number of rotatable bonds is 7. The highest BCUT2D eigenvalue weighted by atomic mass is 16.2. The number of hydrogen-bond donors (Lipinski definition) is 2. The second-order valence-corrected chi connectivity index (χ2v) is 6.64. The van der Waals surface area contributed by atoms with Gasteiger partial charge in [0.15, 0.2) is 0 Å². The second kappa shape index (κ2) is 8.71. The molecular formula is C22H26N4O2. The summed E-state index contributed by atoms with van der Waals surface area (Å²) >= 11 is 0. The van der Waals surface area contributed by atoms with Gasteiger partial charge in [0, 0.05) is 48.0 Å². The number of benzene rings is 2. The van der Waals surface area contributed by atoms with E-state index in [1.807, 2.05) is 65.9 Å². The lowest BCUT2D eigenvalue weighted by atomic mass is 10.1. The Labute approximate surface area is 164 Å². The van der Waals surface area contributed by atoms with Crippen molar-refractivity contribution in [1.82, 2.24) is 9.47 Å². The maximum atomic E-state index is 12.4. The molecule has 6 nitrogen and oxygen atoms in total. The molecule has 2 amide bonds. The number of anilines is 1. The van der Waals surface area contributed by atoms with Crippen LogP contribution in [0.15, 0.2) is 54.7 Å². The number of carbonyl (C=O) groups excluding carboxylic acids is 2. The fourth-order valence-corrected chi connectivity index (χ4v) is 3.23. The van der Waals surface area contributed by atoms with Crippen LogP contribution in [0.1, 0.15) is 29.8 Å². The van der Waals surface area contributed by atoms with E-state index in [0.717, 1.165) is 16.5 Å². The van der Waals surface area contributed by atoms with Gasteiger partial charge in [-0.2, -0.15) is 0 Å². The van der Waals surface area contributed by atoms with Crippen molar-refractivity contribution in [2.75, 3.05) is 18.4 Å². The van der Waals surface area contributed by atoms with Crippen LogP contribution in [0.4, 0.5) is 5.69 Å². The van der Waals surface area contributed by atoms with Crippen LogP contribution >= 0.6 is 0 Å². The van der Waals surface area contributed by atoms with E-state index in [1.54, 1.807) is 12.1 Å². The average molecular weight is 378 g/mol. The highest BCUT2D eigenvalue weighted by Gasteiger charge is 2.12. The van der Waals surface area contributed by atoms with Gasteiger partial charge in [0.05, 0.1) is 0 Å². The number of amides is 2. The smallest absolute Gasteiger partial charge is 0.255 e. The van der Waals surface area contributed by atoms with E-state index in [1.165, 1.54) is 0 Å². The van der Waals surface area contributed by atoms with Gasteiger partial charge >= 0.3 is 0 Å². The molecule has 2 aromatic carbocycles. The number of likely N-dealkylation sites (N-methyl/N-ethyl adjacent to an activating group) is 1. The molecule has 0 spiro atoms. The molecule has 0 aliphatic rings. The molecule has 0 atom stereocenters. The molecule has 1 heterocycles. The van der Waals surface area contributed by atoms with Crippen molar-refractivity contribution >= 4 is 28.4 Å². The summed E-state index contributed by atoms with van der Waals surface area (Å²) < 4.78 is 1.94. The Morgan fingerprint density at radius 3 is 2.39 bits per heavy atom. The van der Waals surface area contributed by atoms with Crippen molar-refractivity contribution in [3.63, 3.8) is 0 Å². The van der Waals surface area contributed by atoms with Crippen LogP contribution in [-0.4, -0.2) is 34.4 Å². The maximum absolute atomic E-state index is 12.4. The lowest BCUT2D eigenvalue weighted by Crippen LogP contribution is -2.33. The van der Waals surface area contributed by atoms with Gasteiger partial charge in [-0.1, -0.05) is 12.1 Å². The minimum atomic E-state index is -0.168. The maximum Gasteiger partial charge on any atom is 0.255 e. The molecule has 28 heavy (non-hydrogen) atoms. The van der Waals surface area contributed by atoms with E-state index in [9.17, 15) is 9.59 Å². The van der Waals surface area contributed by atoms with Crippen LogP contribution in [0, 0.1) is 0 Å². The van der Waals surface area contributed by atoms with Crippen molar-refractivity contribution in [1.29, 1.82) is 0 Å². The molecule has 3 N–H and O–H groups in total. The molecule has 0 fully saturated rings. The molecular weight excluding hydrogens is 352 g/mol. The Balaban J connectivity index is 1.74. The standard InChI is InChI=1S/C22H26N4O2/c1-3-25(4-2)21(27)15-26-12-11-18-13-19(9-10-20(18)26)24-22(28)17-7-5-16(14-23)6-8-17/h5-13H,3-4,14-15,23H2,1-2H3,(H,24,28). The Bertz CT molecular complexity index is 972. The highest BCUT2D eigenvalue weighted by Crippen LogP contribution is 2.21. The number of aromatic nitrogens is 1. The zero-order chi connectivity index (χ0) is 20.1. The first kappa shape index (κ1) is 19.6. The minimum Gasteiger partial charge on any atom is -0.342 e. The zero-order valence-electron chi connectivity index (χ0n) is 16.3. The molecule has 0 unspecified atom stereocenters. The fourth-order valence-electron chi connectivity index (χ4n) is 3.23. The van der Waals surface area contributed by atoms with Crippen molar-refractivity contribution in [3.8, 4) is 0 Å². The van der Waals surface area contributed by atoms with Gasteiger partial charge in [0.1, 0.15) is 6.54 Å². The van der Waals surface area contributed by atoms with Gasteiger partial charge in [0.2, 0.25) is 5.91 Å². The Morgan fingerprint density at radius 2 is 1.75 bits per heavy atom. The monoisotopic (exact) mass is 378 g/mol. The van der Waals surface area contributed by atoms with Crippen molar-refractivity contribution < 1.29 is 9.59 Å². The summed E-state index contributed by atoms with van der Waals surface area (Å²) in [6, 6.07) is 14.9. The molecule has 0 radical (unpaired) electrons. The molecule has 0 bridgehead atoms. The lowest BCUT2D eigenvalue weighted by Gasteiger charge is -2.19. The quantitative estimate of drug-likeness (QED) is 0.662. The predicted molar refractivity (Wildman–Crippen MR) is 112 cm³/mol. The summed E-state index contributed by atoms with van der Waals surface area (Å²) in [7, 11) is 0. The van der Waals surface area contributed by atoms with E-state index in [4.69, 9.17) is 5.73 Å². The second-order valence-electron chi connectivity index (χ2n) is 6.64. The number of carbonyl (C=O) groups is 2. The van der Waals surface area contributed by atoms with Crippen LogP contribution < -0.4 is 11.1 Å². The molecule has 0 aliphatic heterocycles. The van der Waals surface area contributed by atoms with Crippen LogP contribution in [-0.2, 0) is 17.9 Å². The normalized spacial score (nSPS) is 10.8. The number of nitrogens with two attached hydrogens (primary N) is 1. The Morgan fingerprint density at radius 1 is 1.04 bits per heavy atom. The van der Waals surface area contributed by atoms with E-state index in [-0.39, 0.29) is 11.8 Å². The van der Waals surface area contributed by atoms with E-state index >= 15 is 0 Å². The zero-order valence-corrected chi connectivity index (χ0v) is 16.3.